The number of amides is 1. The highest BCUT2D eigenvalue weighted by atomic mass is 16.3. The van der Waals surface area contributed by atoms with E-state index in [0.29, 0.717) is 12.0 Å². The second kappa shape index (κ2) is 8.12. The molecule has 2 heterocycles. The summed E-state index contributed by atoms with van der Waals surface area (Å²) in [4.78, 5) is 19.3. The van der Waals surface area contributed by atoms with Crippen molar-refractivity contribution in [1.29, 1.82) is 0 Å². The number of carbonyl (C=O) groups excluding carboxylic acids is 1. The van der Waals surface area contributed by atoms with Crippen LogP contribution in [0.15, 0.2) is 48.7 Å². The predicted molar refractivity (Wildman–Crippen MR) is 98.6 cm³/mol. The molecule has 25 heavy (non-hydrogen) atoms. The molecule has 2 unspecified atom stereocenters. The topological polar surface area (TPSA) is 65.5 Å². The van der Waals surface area contributed by atoms with Gasteiger partial charge in [0.2, 0.25) is 0 Å². The Morgan fingerprint density at radius 3 is 2.64 bits per heavy atom. The summed E-state index contributed by atoms with van der Waals surface area (Å²) < 4.78 is 0. The van der Waals surface area contributed by atoms with Crippen LogP contribution in [0.4, 0.5) is 5.82 Å². The first-order valence-corrected chi connectivity index (χ1v) is 8.89. The minimum atomic E-state index is -0.594. The van der Waals surface area contributed by atoms with Crippen LogP contribution in [-0.2, 0) is 0 Å². The minimum absolute atomic E-state index is 0.136. The molecule has 1 aliphatic heterocycles. The van der Waals surface area contributed by atoms with E-state index in [2.05, 4.69) is 15.2 Å². The van der Waals surface area contributed by atoms with Crippen molar-refractivity contribution in [2.45, 2.75) is 38.3 Å². The van der Waals surface area contributed by atoms with E-state index in [4.69, 9.17) is 0 Å². The Kier molecular flexibility index (Phi) is 5.66. The van der Waals surface area contributed by atoms with Gasteiger partial charge in [0.15, 0.2) is 0 Å². The molecule has 2 atom stereocenters. The number of aliphatic hydroxyl groups is 1. The van der Waals surface area contributed by atoms with Crippen LogP contribution in [0.25, 0.3) is 0 Å². The van der Waals surface area contributed by atoms with Crippen LogP contribution in [0.3, 0.4) is 0 Å². The van der Waals surface area contributed by atoms with E-state index in [9.17, 15) is 9.90 Å². The molecule has 132 valence electrons. The zero-order valence-electron chi connectivity index (χ0n) is 14.6. The maximum atomic E-state index is 12.7. The summed E-state index contributed by atoms with van der Waals surface area (Å²) in [7, 11) is 0. The zero-order chi connectivity index (χ0) is 17.6. The van der Waals surface area contributed by atoms with Gasteiger partial charge in [0.1, 0.15) is 5.82 Å². The highest BCUT2D eigenvalue weighted by Crippen LogP contribution is 2.23. The van der Waals surface area contributed by atoms with E-state index in [1.54, 1.807) is 12.3 Å². The van der Waals surface area contributed by atoms with Gasteiger partial charge in [-0.15, -0.1) is 0 Å². The number of hydrogen-bond donors (Lipinski definition) is 2. The Bertz CT molecular complexity index is 699. The van der Waals surface area contributed by atoms with Gasteiger partial charge in [0.05, 0.1) is 11.7 Å². The van der Waals surface area contributed by atoms with E-state index >= 15 is 0 Å². The number of anilines is 1. The highest BCUT2D eigenvalue weighted by Gasteiger charge is 2.22. The molecular formula is C20H25N3O2. The molecule has 5 heteroatoms. The van der Waals surface area contributed by atoms with Crippen LogP contribution >= 0.6 is 0 Å². The highest BCUT2D eigenvalue weighted by molar-refractivity contribution is 5.99. The molecule has 1 aliphatic rings. The van der Waals surface area contributed by atoms with Gasteiger partial charge in [0.25, 0.3) is 5.91 Å². The third-order valence-corrected chi connectivity index (χ3v) is 4.58. The van der Waals surface area contributed by atoms with Gasteiger partial charge in [-0.3, -0.25) is 4.79 Å². The molecule has 2 aromatic rings. The van der Waals surface area contributed by atoms with Gasteiger partial charge in [-0.2, -0.15) is 0 Å². The third-order valence-electron chi connectivity index (χ3n) is 4.58. The summed E-state index contributed by atoms with van der Waals surface area (Å²) in [5.74, 6) is 0.621. The van der Waals surface area contributed by atoms with Gasteiger partial charge in [-0.05, 0) is 43.9 Å². The quantitative estimate of drug-likeness (QED) is 0.849. The number of aliphatic hydroxyl groups excluding tert-OH is 1. The number of nitrogens with one attached hydrogen (secondary N) is 1. The first-order chi connectivity index (χ1) is 12.1. The first-order valence-electron chi connectivity index (χ1n) is 8.89. The van der Waals surface area contributed by atoms with Crippen molar-refractivity contribution in [2.75, 3.05) is 18.0 Å². The van der Waals surface area contributed by atoms with E-state index in [-0.39, 0.29) is 11.9 Å². The number of rotatable bonds is 6. The van der Waals surface area contributed by atoms with Crippen LogP contribution in [0.5, 0.6) is 0 Å². The van der Waals surface area contributed by atoms with Gasteiger partial charge in [0, 0.05) is 25.3 Å². The van der Waals surface area contributed by atoms with Crippen molar-refractivity contribution < 1.29 is 9.90 Å². The van der Waals surface area contributed by atoms with Crippen LogP contribution < -0.4 is 10.2 Å². The molecule has 1 fully saturated rings. The van der Waals surface area contributed by atoms with Crippen molar-refractivity contribution in [1.82, 2.24) is 10.3 Å². The average Bonchev–Trinajstić information content (AvgIpc) is 3.17. The van der Waals surface area contributed by atoms with Crippen LogP contribution in [0, 0.1) is 0 Å². The van der Waals surface area contributed by atoms with E-state index in [0.717, 1.165) is 37.3 Å². The van der Waals surface area contributed by atoms with E-state index < -0.39 is 6.10 Å². The molecule has 1 amide bonds. The molecular weight excluding hydrogens is 314 g/mol. The molecule has 0 radical (unpaired) electrons. The fourth-order valence-corrected chi connectivity index (χ4v) is 3.26. The summed E-state index contributed by atoms with van der Waals surface area (Å²) >= 11 is 0. The summed E-state index contributed by atoms with van der Waals surface area (Å²) in [6.07, 6.45) is 3.87. The molecule has 2 N–H and O–H groups in total. The number of aromatic nitrogens is 1. The molecule has 5 nitrogen and oxygen atoms in total. The molecule has 1 aromatic heterocycles. The van der Waals surface area contributed by atoms with Gasteiger partial charge >= 0.3 is 0 Å². The number of carbonyl (C=O) groups is 1. The summed E-state index contributed by atoms with van der Waals surface area (Å²) in [6.45, 7) is 3.80. The number of pyridine rings is 1. The lowest BCUT2D eigenvalue weighted by molar-refractivity contribution is 0.0917. The van der Waals surface area contributed by atoms with Crippen molar-refractivity contribution in [2.24, 2.45) is 0 Å². The largest absolute Gasteiger partial charge is 0.388 e. The van der Waals surface area contributed by atoms with Crippen molar-refractivity contribution in [3.63, 3.8) is 0 Å². The van der Waals surface area contributed by atoms with Crippen LogP contribution in [0.1, 0.15) is 48.2 Å². The maximum absolute atomic E-state index is 12.7. The van der Waals surface area contributed by atoms with Crippen molar-refractivity contribution >= 4 is 11.7 Å². The second-order valence-corrected chi connectivity index (χ2v) is 6.61. The van der Waals surface area contributed by atoms with E-state index in [1.807, 2.05) is 43.3 Å². The Labute approximate surface area is 148 Å². The summed E-state index contributed by atoms with van der Waals surface area (Å²) in [6, 6.07) is 13.0. The lowest BCUT2D eigenvalue weighted by atomic mass is 10.0. The van der Waals surface area contributed by atoms with Gasteiger partial charge in [-0.25, -0.2) is 4.98 Å². The maximum Gasteiger partial charge on any atom is 0.255 e. The minimum Gasteiger partial charge on any atom is -0.388 e. The number of hydrogen-bond acceptors (Lipinski definition) is 4. The number of nitrogens with zero attached hydrogens (tertiary/aromatic N) is 2. The molecule has 1 saturated heterocycles. The van der Waals surface area contributed by atoms with Gasteiger partial charge in [-0.1, -0.05) is 30.3 Å². The predicted octanol–water partition coefficient (Wildman–Crippen LogP) is 2.92. The van der Waals surface area contributed by atoms with E-state index in [1.165, 1.54) is 0 Å². The first kappa shape index (κ1) is 17.4. The van der Waals surface area contributed by atoms with Crippen LogP contribution in [0.2, 0.25) is 0 Å². The van der Waals surface area contributed by atoms with Crippen molar-refractivity contribution in [3.8, 4) is 0 Å². The van der Waals surface area contributed by atoms with Crippen LogP contribution in [-0.4, -0.2) is 35.1 Å². The standard InChI is InChI=1S/C20H25N3O2/c1-15(14-18(24)16-8-3-2-4-9-16)22-20(25)17-10-7-11-21-19(17)23-12-5-6-13-23/h2-4,7-11,15,18,24H,5-6,12-14H2,1H3,(H,22,25). The Balaban J connectivity index is 1.64. The Morgan fingerprint density at radius 1 is 1.20 bits per heavy atom. The molecule has 0 saturated carbocycles. The average molecular weight is 339 g/mol. The fourth-order valence-electron chi connectivity index (χ4n) is 3.26. The zero-order valence-corrected chi connectivity index (χ0v) is 14.6. The summed E-state index contributed by atoms with van der Waals surface area (Å²) in [5, 5.41) is 13.3. The summed E-state index contributed by atoms with van der Waals surface area (Å²) in [5.41, 5.74) is 1.47. The second-order valence-electron chi connectivity index (χ2n) is 6.61. The fraction of sp³-hybridized carbons (Fsp3) is 0.400. The lowest BCUT2D eigenvalue weighted by Crippen LogP contribution is -2.35. The molecule has 3 rings (SSSR count). The number of benzene rings is 1. The molecule has 0 bridgehead atoms. The third kappa shape index (κ3) is 4.37. The molecule has 0 aliphatic carbocycles. The lowest BCUT2D eigenvalue weighted by Gasteiger charge is -2.22. The smallest absolute Gasteiger partial charge is 0.255 e. The monoisotopic (exact) mass is 339 g/mol. The normalized spacial score (nSPS) is 16.5. The Hall–Kier alpha value is -2.40. The SMILES string of the molecule is CC(CC(O)c1ccccc1)NC(=O)c1cccnc1N1CCCC1. The van der Waals surface area contributed by atoms with Crippen molar-refractivity contribution in [3.05, 3.63) is 59.8 Å². The van der Waals surface area contributed by atoms with Gasteiger partial charge < -0.3 is 15.3 Å². The molecule has 0 spiro atoms. The Morgan fingerprint density at radius 2 is 1.92 bits per heavy atom. The molecule has 1 aromatic carbocycles.